The van der Waals surface area contributed by atoms with Crippen molar-refractivity contribution in [2.45, 2.75) is 56.4 Å². The van der Waals surface area contributed by atoms with Crippen LogP contribution in [0.4, 0.5) is 0 Å². The van der Waals surface area contributed by atoms with E-state index in [0.717, 1.165) is 25.7 Å². The Hall–Kier alpha value is -0.680. The van der Waals surface area contributed by atoms with Crippen molar-refractivity contribution in [1.82, 2.24) is 4.72 Å². The molecule has 1 rings (SSSR count). The highest BCUT2D eigenvalue weighted by Gasteiger charge is 2.20. The maximum Gasteiger partial charge on any atom is 0.227 e. The summed E-state index contributed by atoms with van der Waals surface area (Å²) in [4.78, 5) is 0. The molecule has 0 radical (unpaired) electrons. The molecule has 0 amide bonds. The molecule has 0 aromatic carbocycles. The molecule has 6 nitrogen and oxygen atoms in total. The number of sulfonamides is 1. The Bertz CT molecular complexity index is 397. The van der Waals surface area contributed by atoms with Crippen LogP contribution in [0.2, 0.25) is 0 Å². The van der Waals surface area contributed by atoms with E-state index in [-0.39, 0.29) is 6.10 Å². The van der Waals surface area contributed by atoms with Crippen LogP contribution in [0.25, 0.3) is 0 Å². The van der Waals surface area contributed by atoms with E-state index in [1.165, 1.54) is 6.92 Å². The molecular weight excluding hydrogens is 266 g/mol. The van der Waals surface area contributed by atoms with Gasteiger partial charge in [0, 0.05) is 19.2 Å². The van der Waals surface area contributed by atoms with E-state index < -0.39 is 15.3 Å². The van der Waals surface area contributed by atoms with E-state index in [4.69, 9.17) is 15.7 Å². The van der Waals surface area contributed by atoms with Crippen molar-refractivity contribution >= 4 is 10.0 Å². The third-order valence-electron chi connectivity index (χ3n) is 3.34. The van der Waals surface area contributed by atoms with Gasteiger partial charge in [-0.1, -0.05) is 0 Å². The lowest BCUT2D eigenvalue weighted by Crippen LogP contribution is -2.33. The molecule has 19 heavy (non-hydrogen) atoms. The van der Waals surface area contributed by atoms with Crippen LogP contribution in [0.5, 0.6) is 0 Å². The minimum atomic E-state index is -3.51. The zero-order chi connectivity index (χ0) is 14.3. The first kappa shape index (κ1) is 16.4. The normalized spacial score (nSPS) is 25.7. The van der Waals surface area contributed by atoms with Crippen LogP contribution in [0.3, 0.4) is 0 Å². The maximum absolute atomic E-state index is 11.5. The second kappa shape index (κ2) is 7.80. The molecule has 0 aromatic rings. The van der Waals surface area contributed by atoms with E-state index in [9.17, 15) is 8.42 Å². The largest absolute Gasteiger partial charge is 0.378 e. The van der Waals surface area contributed by atoms with Crippen molar-refractivity contribution in [3.63, 3.8) is 0 Å². The lowest BCUT2D eigenvalue weighted by molar-refractivity contribution is 0.0245. The fourth-order valence-electron chi connectivity index (χ4n) is 1.99. The highest BCUT2D eigenvalue weighted by molar-refractivity contribution is 7.90. The van der Waals surface area contributed by atoms with Gasteiger partial charge in [0.15, 0.2) is 5.25 Å². The van der Waals surface area contributed by atoms with Gasteiger partial charge >= 0.3 is 0 Å². The van der Waals surface area contributed by atoms with Gasteiger partial charge in [0.05, 0.1) is 12.2 Å². The van der Waals surface area contributed by atoms with E-state index in [2.05, 4.69) is 4.72 Å². The Morgan fingerprint density at radius 2 is 2.05 bits per heavy atom. The van der Waals surface area contributed by atoms with Gasteiger partial charge in [-0.3, -0.25) is 0 Å². The van der Waals surface area contributed by atoms with Crippen LogP contribution in [-0.2, 0) is 14.8 Å². The first-order valence-corrected chi connectivity index (χ1v) is 8.25. The fraction of sp³-hybridized carbons (Fsp3) is 0.917. The smallest absolute Gasteiger partial charge is 0.227 e. The molecule has 0 aliphatic heterocycles. The van der Waals surface area contributed by atoms with Crippen molar-refractivity contribution in [3.8, 4) is 6.07 Å². The molecule has 7 heteroatoms. The lowest BCUT2D eigenvalue weighted by atomic mass is 9.94. The van der Waals surface area contributed by atoms with E-state index in [0.29, 0.717) is 25.6 Å². The molecule has 0 spiro atoms. The monoisotopic (exact) mass is 289 g/mol. The Balaban J connectivity index is 2.10. The molecule has 0 aromatic heterocycles. The highest BCUT2D eigenvalue weighted by atomic mass is 32.2. The summed E-state index contributed by atoms with van der Waals surface area (Å²) < 4.78 is 31.0. The fourth-order valence-corrected chi connectivity index (χ4v) is 2.80. The predicted molar refractivity (Wildman–Crippen MR) is 72.8 cm³/mol. The number of nitrogens with zero attached hydrogens (tertiary/aromatic N) is 1. The van der Waals surface area contributed by atoms with Crippen LogP contribution in [-0.4, -0.2) is 39.0 Å². The van der Waals surface area contributed by atoms with Crippen molar-refractivity contribution < 1.29 is 13.2 Å². The second-order valence-electron chi connectivity index (χ2n) is 4.97. The second-order valence-corrected chi connectivity index (χ2v) is 7.06. The number of hydrogen-bond acceptors (Lipinski definition) is 5. The highest BCUT2D eigenvalue weighted by Crippen LogP contribution is 2.19. The van der Waals surface area contributed by atoms with Crippen LogP contribution < -0.4 is 10.5 Å². The molecule has 1 aliphatic carbocycles. The summed E-state index contributed by atoms with van der Waals surface area (Å²) in [6, 6.07) is 2.01. The predicted octanol–water partition coefficient (Wildman–Crippen LogP) is 0.494. The van der Waals surface area contributed by atoms with Crippen LogP contribution >= 0.6 is 0 Å². The average Bonchev–Trinajstić information content (AvgIpc) is 2.39. The van der Waals surface area contributed by atoms with Crippen molar-refractivity contribution in [3.05, 3.63) is 0 Å². The van der Waals surface area contributed by atoms with Crippen LogP contribution in [0.1, 0.15) is 39.0 Å². The molecular formula is C12H23N3O3S. The van der Waals surface area contributed by atoms with Crippen molar-refractivity contribution in [2.75, 3.05) is 13.2 Å². The molecule has 1 atom stereocenters. The number of rotatable bonds is 7. The Kier molecular flexibility index (Phi) is 6.72. The van der Waals surface area contributed by atoms with E-state index >= 15 is 0 Å². The maximum atomic E-state index is 11.5. The van der Waals surface area contributed by atoms with Gasteiger partial charge in [-0.05, 0) is 39.0 Å². The summed E-state index contributed by atoms with van der Waals surface area (Å²) in [5, 5.41) is 7.54. The van der Waals surface area contributed by atoms with Gasteiger partial charge < -0.3 is 10.5 Å². The molecule has 1 aliphatic rings. The Morgan fingerprint density at radius 1 is 1.42 bits per heavy atom. The minimum absolute atomic E-state index is 0.259. The van der Waals surface area contributed by atoms with Gasteiger partial charge in [-0.25, -0.2) is 13.1 Å². The first-order valence-electron chi connectivity index (χ1n) is 6.71. The average molecular weight is 289 g/mol. The standard InChI is InChI=1S/C12H23N3O3S/c1-10(9-13)19(16,17)15-7-2-8-18-12-5-3-11(14)4-6-12/h10-12,15H,2-8,14H2,1H3. The topological polar surface area (TPSA) is 105 Å². The minimum Gasteiger partial charge on any atom is -0.378 e. The lowest BCUT2D eigenvalue weighted by Gasteiger charge is -2.26. The molecule has 110 valence electrons. The molecule has 0 saturated heterocycles. The number of ether oxygens (including phenoxy) is 1. The van der Waals surface area contributed by atoms with E-state index in [1.54, 1.807) is 6.07 Å². The molecule has 0 heterocycles. The molecule has 1 fully saturated rings. The summed E-state index contributed by atoms with van der Waals surface area (Å²) >= 11 is 0. The van der Waals surface area contributed by atoms with Crippen molar-refractivity contribution in [2.24, 2.45) is 5.73 Å². The molecule has 1 saturated carbocycles. The quantitative estimate of drug-likeness (QED) is 0.664. The molecule has 1 unspecified atom stereocenters. The number of hydrogen-bond donors (Lipinski definition) is 2. The van der Waals surface area contributed by atoms with Gasteiger partial charge in [0.2, 0.25) is 10.0 Å². The number of nitrogens with one attached hydrogen (secondary N) is 1. The summed E-state index contributed by atoms with van der Waals surface area (Å²) in [6.07, 6.45) is 4.83. The summed E-state index contributed by atoms with van der Waals surface area (Å²) in [6.45, 7) is 2.20. The summed E-state index contributed by atoms with van der Waals surface area (Å²) in [5.41, 5.74) is 5.80. The number of nitriles is 1. The first-order chi connectivity index (χ1) is 8.95. The summed E-state index contributed by atoms with van der Waals surface area (Å²) in [7, 11) is -3.51. The third-order valence-corrected chi connectivity index (χ3v) is 4.99. The van der Waals surface area contributed by atoms with Crippen molar-refractivity contribution in [1.29, 1.82) is 5.26 Å². The molecule has 0 bridgehead atoms. The molecule has 3 N–H and O–H groups in total. The number of nitrogens with two attached hydrogens (primary N) is 1. The Labute approximate surface area is 115 Å². The zero-order valence-electron chi connectivity index (χ0n) is 11.3. The Morgan fingerprint density at radius 3 is 2.63 bits per heavy atom. The van der Waals surface area contributed by atoms with Gasteiger partial charge in [-0.2, -0.15) is 5.26 Å². The summed E-state index contributed by atoms with van der Waals surface area (Å²) in [5.74, 6) is 0. The van der Waals surface area contributed by atoms with Crippen LogP contribution in [0.15, 0.2) is 0 Å². The van der Waals surface area contributed by atoms with Gasteiger partial charge in [0.1, 0.15) is 0 Å². The zero-order valence-corrected chi connectivity index (χ0v) is 12.2. The SMILES string of the molecule is CC(C#N)S(=O)(=O)NCCCOC1CCC(N)CC1. The van der Waals surface area contributed by atoms with E-state index in [1.807, 2.05) is 0 Å². The third kappa shape index (κ3) is 5.87. The van der Waals surface area contributed by atoms with Gasteiger partial charge in [-0.15, -0.1) is 0 Å². The van der Waals surface area contributed by atoms with Gasteiger partial charge in [0.25, 0.3) is 0 Å². The van der Waals surface area contributed by atoms with Crippen LogP contribution in [0, 0.1) is 11.3 Å².